The van der Waals surface area contributed by atoms with Crippen LogP contribution in [0, 0.1) is 5.82 Å². The molecule has 5 aromatic rings. The first kappa shape index (κ1) is 25.8. The highest BCUT2D eigenvalue weighted by atomic mass is 35.5. The SMILES string of the molecule is COc1ccc(CNC(=O)c2ccc(Cn3c(SCc4ccc(F)cc4Cl)nc4ccncc43)cc2)cc1. The number of thioether (sulfide) groups is 1. The van der Waals surface area contributed by atoms with Crippen molar-refractivity contribution in [2.75, 3.05) is 7.11 Å². The van der Waals surface area contributed by atoms with Crippen LogP contribution in [0.15, 0.2) is 90.3 Å². The van der Waals surface area contributed by atoms with E-state index in [0.29, 0.717) is 29.4 Å². The molecule has 2 heterocycles. The number of methoxy groups -OCH3 is 1. The first-order valence-electron chi connectivity index (χ1n) is 11.9. The highest BCUT2D eigenvalue weighted by molar-refractivity contribution is 7.98. The van der Waals surface area contributed by atoms with Crippen molar-refractivity contribution in [2.24, 2.45) is 0 Å². The average Bonchev–Trinajstić information content (AvgIpc) is 3.29. The summed E-state index contributed by atoms with van der Waals surface area (Å²) in [4.78, 5) is 21.7. The number of imidazole rings is 1. The molecular formula is C29H24ClFN4O2S. The first-order chi connectivity index (χ1) is 18.5. The first-order valence-corrected chi connectivity index (χ1v) is 13.2. The van der Waals surface area contributed by atoms with E-state index in [2.05, 4.69) is 14.9 Å². The van der Waals surface area contributed by atoms with Crippen LogP contribution in [0.3, 0.4) is 0 Å². The third-order valence-electron chi connectivity index (χ3n) is 6.06. The summed E-state index contributed by atoms with van der Waals surface area (Å²) in [5.74, 6) is 0.818. The van der Waals surface area contributed by atoms with E-state index in [4.69, 9.17) is 21.3 Å². The van der Waals surface area contributed by atoms with Gasteiger partial charge in [0.25, 0.3) is 5.91 Å². The molecule has 0 atom stereocenters. The number of hydrogen-bond acceptors (Lipinski definition) is 5. The van der Waals surface area contributed by atoms with Crippen molar-refractivity contribution in [3.05, 3.63) is 118 Å². The number of halogens is 2. The Morgan fingerprint density at radius 1 is 1.05 bits per heavy atom. The van der Waals surface area contributed by atoms with Crippen molar-refractivity contribution >= 4 is 40.3 Å². The van der Waals surface area contributed by atoms with Crippen LogP contribution in [0.1, 0.15) is 27.0 Å². The van der Waals surface area contributed by atoms with Gasteiger partial charge >= 0.3 is 0 Å². The van der Waals surface area contributed by atoms with Crippen molar-refractivity contribution in [1.29, 1.82) is 0 Å². The average molecular weight is 547 g/mol. The van der Waals surface area contributed by atoms with E-state index in [1.54, 1.807) is 25.6 Å². The molecule has 2 aromatic heterocycles. The zero-order valence-corrected chi connectivity index (χ0v) is 22.1. The molecule has 6 nitrogen and oxygen atoms in total. The molecule has 0 aliphatic heterocycles. The van der Waals surface area contributed by atoms with Crippen molar-refractivity contribution < 1.29 is 13.9 Å². The van der Waals surface area contributed by atoms with E-state index in [-0.39, 0.29) is 11.7 Å². The lowest BCUT2D eigenvalue weighted by atomic mass is 10.1. The number of pyridine rings is 1. The van der Waals surface area contributed by atoms with Gasteiger partial charge in [-0.25, -0.2) is 9.37 Å². The normalized spacial score (nSPS) is 11.0. The molecule has 0 saturated carbocycles. The van der Waals surface area contributed by atoms with Gasteiger partial charge in [-0.15, -0.1) is 0 Å². The van der Waals surface area contributed by atoms with Crippen LogP contribution < -0.4 is 10.1 Å². The number of carbonyl (C=O) groups is 1. The molecule has 0 spiro atoms. The van der Waals surface area contributed by atoms with E-state index in [0.717, 1.165) is 38.6 Å². The highest BCUT2D eigenvalue weighted by Crippen LogP contribution is 2.30. The van der Waals surface area contributed by atoms with Gasteiger partial charge in [-0.3, -0.25) is 9.78 Å². The molecule has 192 valence electrons. The summed E-state index contributed by atoms with van der Waals surface area (Å²) in [6, 6.07) is 21.4. The van der Waals surface area contributed by atoms with Crippen molar-refractivity contribution in [3.8, 4) is 5.75 Å². The van der Waals surface area contributed by atoms with E-state index in [1.165, 1.54) is 23.9 Å². The number of amides is 1. The second-order valence-electron chi connectivity index (χ2n) is 8.60. The van der Waals surface area contributed by atoms with E-state index in [1.807, 2.05) is 54.6 Å². The van der Waals surface area contributed by atoms with Crippen LogP contribution in [-0.4, -0.2) is 27.6 Å². The standard InChI is InChI=1S/C29H24ClFN4O2S/c1-37-24-10-4-19(5-11-24)15-33-28(36)21-6-2-20(3-7-21)17-35-27-16-32-13-12-26(27)34-29(35)38-18-22-8-9-23(31)14-25(22)30/h2-14,16H,15,17-18H2,1H3,(H,33,36). The number of nitrogens with one attached hydrogen (secondary N) is 1. The quantitative estimate of drug-likeness (QED) is 0.214. The van der Waals surface area contributed by atoms with Gasteiger partial charge < -0.3 is 14.6 Å². The van der Waals surface area contributed by atoms with Crippen LogP contribution in [0.2, 0.25) is 5.02 Å². The molecule has 9 heteroatoms. The lowest BCUT2D eigenvalue weighted by molar-refractivity contribution is 0.0951. The molecule has 1 amide bonds. The van der Waals surface area contributed by atoms with Gasteiger partial charge in [0.1, 0.15) is 11.6 Å². The molecular weight excluding hydrogens is 523 g/mol. The summed E-state index contributed by atoms with van der Waals surface area (Å²) >= 11 is 7.75. The predicted octanol–water partition coefficient (Wildman–Crippen LogP) is 6.50. The molecule has 3 aromatic carbocycles. The Bertz CT molecular complexity index is 1570. The van der Waals surface area contributed by atoms with Gasteiger partial charge in [0.15, 0.2) is 5.16 Å². The Morgan fingerprint density at radius 3 is 2.55 bits per heavy atom. The molecule has 0 fully saturated rings. The summed E-state index contributed by atoms with van der Waals surface area (Å²) in [6.07, 6.45) is 3.50. The molecule has 38 heavy (non-hydrogen) atoms. The molecule has 0 unspecified atom stereocenters. The maximum absolute atomic E-state index is 13.4. The number of benzene rings is 3. The topological polar surface area (TPSA) is 69.0 Å². The summed E-state index contributed by atoms with van der Waals surface area (Å²) in [5, 5.41) is 4.14. The van der Waals surface area contributed by atoms with Crippen LogP contribution in [-0.2, 0) is 18.8 Å². The number of nitrogens with zero attached hydrogens (tertiary/aromatic N) is 3. The molecule has 0 saturated heterocycles. The molecule has 0 bridgehead atoms. The van der Waals surface area contributed by atoms with Gasteiger partial charge in [-0.2, -0.15) is 0 Å². The monoisotopic (exact) mass is 546 g/mol. The minimum Gasteiger partial charge on any atom is -0.497 e. The number of fused-ring (bicyclic) bond motifs is 1. The van der Waals surface area contributed by atoms with Crippen LogP contribution >= 0.6 is 23.4 Å². The highest BCUT2D eigenvalue weighted by Gasteiger charge is 2.14. The second-order valence-corrected chi connectivity index (χ2v) is 9.95. The van der Waals surface area contributed by atoms with Crippen LogP contribution in [0.5, 0.6) is 5.75 Å². The van der Waals surface area contributed by atoms with Gasteiger partial charge in [0, 0.05) is 29.1 Å². The second kappa shape index (κ2) is 11.7. The van der Waals surface area contributed by atoms with Gasteiger partial charge in [-0.1, -0.05) is 53.7 Å². The molecule has 5 rings (SSSR count). The fourth-order valence-corrected chi connectivity index (χ4v) is 5.29. The summed E-state index contributed by atoms with van der Waals surface area (Å²) in [7, 11) is 1.62. The number of carbonyl (C=O) groups excluding carboxylic acids is 1. The minimum absolute atomic E-state index is 0.142. The number of ether oxygens (including phenoxy) is 1. The van der Waals surface area contributed by atoms with E-state index >= 15 is 0 Å². The lowest BCUT2D eigenvalue weighted by Crippen LogP contribution is -2.22. The van der Waals surface area contributed by atoms with Crippen molar-refractivity contribution in [2.45, 2.75) is 24.0 Å². The zero-order chi connectivity index (χ0) is 26.5. The molecule has 0 aliphatic carbocycles. The Kier molecular flexibility index (Phi) is 7.91. The molecule has 0 aliphatic rings. The Hall–Kier alpha value is -3.88. The van der Waals surface area contributed by atoms with Crippen molar-refractivity contribution in [1.82, 2.24) is 19.9 Å². The Labute approximate surface area is 228 Å². The van der Waals surface area contributed by atoms with Gasteiger partial charge in [0.2, 0.25) is 0 Å². The summed E-state index contributed by atoms with van der Waals surface area (Å²) in [6.45, 7) is 0.979. The fraction of sp³-hybridized carbons (Fsp3) is 0.138. The smallest absolute Gasteiger partial charge is 0.251 e. The van der Waals surface area contributed by atoms with Crippen LogP contribution in [0.4, 0.5) is 4.39 Å². The Morgan fingerprint density at radius 2 is 1.82 bits per heavy atom. The third kappa shape index (κ3) is 5.98. The van der Waals surface area contributed by atoms with Gasteiger partial charge in [0.05, 0.1) is 30.9 Å². The number of hydrogen-bond donors (Lipinski definition) is 1. The molecule has 1 N–H and O–H groups in total. The number of rotatable bonds is 9. The summed E-state index contributed by atoms with van der Waals surface area (Å²) < 4.78 is 20.7. The third-order valence-corrected chi connectivity index (χ3v) is 7.43. The maximum atomic E-state index is 13.4. The fourth-order valence-electron chi connectivity index (χ4n) is 3.96. The maximum Gasteiger partial charge on any atom is 0.251 e. The lowest BCUT2D eigenvalue weighted by Gasteiger charge is -2.11. The minimum atomic E-state index is -0.361. The molecule has 0 radical (unpaired) electrons. The summed E-state index contributed by atoms with van der Waals surface area (Å²) in [5.41, 5.74) is 5.16. The number of aromatic nitrogens is 3. The van der Waals surface area contributed by atoms with E-state index in [9.17, 15) is 9.18 Å². The van der Waals surface area contributed by atoms with E-state index < -0.39 is 0 Å². The largest absolute Gasteiger partial charge is 0.497 e. The van der Waals surface area contributed by atoms with Gasteiger partial charge in [-0.05, 0) is 59.2 Å². The zero-order valence-electron chi connectivity index (χ0n) is 20.5. The Balaban J connectivity index is 1.29. The van der Waals surface area contributed by atoms with Crippen molar-refractivity contribution in [3.63, 3.8) is 0 Å². The predicted molar refractivity (Wildman–Crippen MR) is 148 cm³/mol. The van der Waals surface area contributed by atoms with Crippen LogP contribution in [0.25, 0.3) is 11.0 Å².